The van der Waals surface area contributed by atoms with Gasteiger partial charge in [0.05, 0.1) is 6.10 Å². The van der Waals surface area contributed by atoms with E-state index in [0.29, 0.717) is 5.75 Å². The smallest absolute Gasteiger partial charge is 0.119 e. The van der Waals surface area contributed by atoms with Crippen LogP contribution in [-0.2, 0) is 5.41 Å². The van der Waals surface area contributed by atoms with Gasteiger partial charge in [-0.3, -0.25) is 0 Å². The molecule has 0 radical (unpaired) electrons. The molecule has 0 aliphatic carbocycles. The van der Waals surface area contributed by atoms with Gasteiger partial charge in [0.25, 0.3) is 0 Å². The minimum Gasteiger partial charge on any atom is -0.508 e. The zero-order valence-electron chi connectivity index (χ0n) is 14.6. The summed E-state index contributed by atoms with van der Waals surface area (Å²) >= 11 is 0. The Labute approximate surface area is 134 Å². The molecule has 0 aliphatic rings. The van der Waals surface area contributed by atoms with E-state index in [1.807, 2.05) is 52.0 Å². The number of ether oxygens (including phenoxy) is 1. The monoisotopic (exact) mass is 300 g/mol. The van der Waals surface area contributed by atoms with Crippen LogP contribution in [0.4, 0.5) is 0 Å². The van der Waals surface area contributed by atoms with Crippen LogP contribution in [0.1, 0.15) is 52.7 Å². The van der Waals surface area contributed by atoms with Crippen molar-refractivity contribution in [3.63, 3.8) is 0 Å². The number of aromatic hydroxyl groups is 1. The summed E-state index contributed by atoms with van der Waals surface area (Å²) in [5.41, 5.74) is 2.29. The highest BCUT2D eigenvalue weighted by atomic mass is 16.5. The molecule has 0 heterocycles. The van der Waals surface area contributed by atoms with Crippen LogP contribution in [0.2, 0.25) is 0 Å². The maximum absolute atomic E-state index is 9.40. The average Bonchev–Trinajstić information content (AvgIpc) is 2.50. The average molecular weight is 300 g/mol. The molecule has 1 N–H and O–H groups in total. The van der Waals surface area contributed by atoms with Gasteiger partial charge < -0.3 is 9.84 Å². The summed E-state index contributed by atoms with van der Waals surface area (Å²) in [6.07, 6.45) is 0.186. The molecule has 0 amide bonds. The quantitative estimate of drug-likeness (QED) is 0.804. The van der Waals surface area contributed by atoms with Crippen LogP contribution >= 0.6 is 0 Å². The first-order chi connectivity index (χ1) is 10.4. The van der Waals surface area contributed by atoms with Gasteiger partial charge in [0.1, 0.15) is 11.5 Å². The Morgan fingerprint density at radius 1 is 0.818 bits per heavy atom. The molecule has 2 rings (SSSR count). The zero-order valence-corrected chi connectivity index (χ0v) is 14.6. The number of benzene rings is 2. The van der Waals surface area contributed by atoms with Gasteiger partial charge in [0, 0.05) is 5.41 Å². The predicted octanol–water partition coefficient (Wildman–Crippen LogP) is 5.53. The third kappa shape index (κ3) is 4.52. The van der Waals surface area contributed by atoms with Crippen molar-refractivity contribution in [1.82, 2.24) is 0 Å². The number of hydrogen-bond acceptors (Lipinski definition) is 2. The molecule has 2 heteroatoms. The summed E-state index contributed by atoms with van der Waals surface area (Å²) in [5.74, 6) is 1.19. The van der Waals surface area contributed by atoms with E-state index in [-0.39, 0.29) is 11.5 Å². The molecule has 2 nitrogen and oxygen atoms in total. The van der Waals surface area contributed by atoms with E-state index in [1.165, 1.54) is 11.1 Å². The summed E-state index contributed by atoms with van der Waals surface area (Å²) in [7, 11) is 0. The number of hydrogen-bond donors (Lipinski definition) is 1. The summed E-state index contributed by atoms with van der Waals surface area (Å²) < 4.78 is 5.67. The van der Waals surface area contributed by atoms with Gasteiger partial charge in [0.15, 0.2) is 0 Å². The van der Waals surface area contributed by atoms with Gasteiger partial charge in [-0.15, -0.1) is 0 Å². The van der Waals surface area contributed by atoms with E-state index in [2.05, 4.69) is 26.0 Å². The summed E-state index contributed by atoms with van der Waals surface area (Å²) in [6.45, 7) is 12.4. The number of phenolic OH excluding ortho intramolecular Hbond substituents is 1. The molecule has 2 aromatic rings. The standard InChI is InChI=1S/C18H22O2.C2H6/c1-13(2)20-17-11-7-15(8-12-17)18(3,4)14-5-9-16(19)10-6-14;1-2/h5-13,19H,1-4H3;1-2H3. The molecule has 0 saturated heterocycles. The summed E-state index contributed by atoms with van der Waals surface area (Å²) in [6, 6.07) is 15.6. The van der Waals surface area contributed by atoms with E-state index in [0.717, 1.165) is 5.75 Å². The second kappa shape index (κ2) is 7.88. The van der Waals surface area contributed by atoms with E-state index in [9.17, 15) is 5.11 Å². The topological polar surface area (TPSA) is 29.5 Å². The van der Waals surface area contributed by atoms with E-state index in [4.69, 9.17) is 4.74 Å². The fraction of sp³-hybridized carbons (Fsp3) is 0.400. The Bertz CT molecular complexity index is 551. The van der Waals surface area contributed by atoms with Gasteiger partial charge >= 0.3 is 0 Å². The lowest BCUT2D eigenvalue weighted by Gasteiger charge is -2.26. The second-order valence-electron chi connectivity index (χ2n) is 5.86. The normalized spacial score (nSPS) is 10.9. The molecular formula is C20H28O2. The van der Waals surface area contributed by atoms with Crippen molar-refractivity contribution in [3.05, 3.63) is 59.7 Å². The summed E-state index contributed by atoms with van der Waals surface area (Å²) in [5, 5.41) is 9.40. The Hall–Kier alpha value is -1.96. The van der Waals surface area contributed by atoms with Crippen LogP contribution in [0.15, 0.2) is 48.5 Å². The maximum Gasteiger partial charge on any atom is 0.119 e. The Kier molecular flexibility index (Phi) is 6.48. The predicted molar refractivity (Wildman–Crippen MR) is 93.8 cm³/mol. The molecule has 0 aromatic heterocycles. The Balaban J connectivity index is 0.00000116. The number of rotatable bonds is 4. The highest BCUT2D eigenvalue weighted by molar-refractivity contribution is 5.41. The molecule has 0 atom stereocenters. The third-order valence-corrected chi connectivity index (χ3v) is 3.54. The van der Waals surface area contributed by atoms with Crippen LogP contribution in [0.3, 0.4) is 0 Å². The fourth-order valence-electron chi connectivity index (χ4n) is 2.27. The lowest BCUT2D eigenvalue weighted by molar-refractivity contribution is 0.242. The molecule has 0 fully saturated rings. The lowest BCUT2D eigenvalue weighted by atomic mass is 9.78. The van der Waals surface area contributed by atoms with Gasteiger partial charge in [-0.25, -0.2) is 0 Å². The first kappa shape index (κ1) is 18.1. The van der Waals surface area contributed by atoms with Crippen LogP contribution in [0, 0.1) is 0 Å². The van der Waals surface area contributed by atoms with E-state index < -0.39 is 0 Å². The van der Waals surface area contributed by atoms with Crippen molar-refractivity contribution in [3.8, 4) is 11.5 Å². The van der Waals surface area contributed by atoms with E-state index in [1.54, 1.807) is 12.1 Å². The first-order valence-electron chi connectivity index (χ1n) is 7.96. The van der Waals surface area contributed by atoms with Crippen molar-refractivity contribution in [2.75, 3.05) is 0 Å². The van der Waals surface area contributed by atoms with Crippen LogP contribution < -0.4 is 4.74 Å². The Morgan fingerprint density at radius 3 is 1.64 bits per heavy atom. The van der Waals surface area contributed by atoms with Gasteiger partial charge in [-0.2, -0.15) is 0 Å². The van der Waals surface area contributed by atoms with Crippen molar-refractivity contribution in [2.24, 2.45) is 0 Å². The maximum atomic E-state index is 9.40. The van der Waals surface area contributed by atoms with Crippen molar-refractivity contribution in [2.45, 2.75) is 53.1 Å². The molecule has 22 heavy (non-hydrogen) atoms. The fourth-order valence-corrected chi connectivity index (χ4v) is 2.27. The highest BCUT2D eigenvalue weighted by Crippen LogP contribution is 2.33. The molecule has 0 bridgehead atoms. The lowest BCUT2D eigenvalue weighted by Crippen LogP contribution is -2.18. The SMILES string of the molecule is CC.CC(C)Oc1ccc(C(C)(C)c2ccc(O)cc2)cc1. The van der Waals surface area contributed by atoms with Gasteiger partial charge in [0.2, 0.25) is 0 Å². The van der Waals surface area contributed by atoms with Crippen molar-refractivity contribution >= 4 is 0 Å². The van der Waals surface area contributed by atoms with E-state index >= 15 is 0 Å². The van der Waals surface area contributed by atoms with Crippen LogP contribution in [0.25, 0.3) is 0 Å². The minimum absolute atomic E-state index is 0.107. The molecule has 0 aliphatic heterocycles. The van der Waals surface area contributed by atoms with Gasteiger partial charge in [-0.1, -0.05) is 52.0 Å². The zero-order chi connectivity index (χ0) is 16.8. The molecule has 0 saturated carbocycles. The van der Waals surface area contributed by atoms with Crippen molar-refractivity contribution in [1.29, 1.82) is 0 Å². The summed E-state index contributed by atoms with van der Waals surface area (Å²) in [4.78, 5) is 0. The molecule has 0 spiro atoms. The van der Waals surface area contributed by atoms with Gasteiger partial charge in [-0.05, 0) is 49.2 Å². The minimum atomic E-state index is -0.107. The molecule has 120 valence electrons. The van der Waals surface area contributed by atoms with Crippen LogP contribution in [-0.4, -0.2) is 11.2 Å². The molecule has 0 unspecified atom stereocenters. The highest BCUT2D eigenvalue weighted by Gasteiger charge is 2.23. The largest absolute Gasteiger partial charge is 0.508 e. The second-order valence-corrected chi connectivity index (χ2v) is 5.86. The molecular weight excluding hydrogens is 272 g/mol. The number of phenols is 1. The molecule has 2 aromatic carbocycles. The van der Waals surface area contributed by atoms with Crippen LogP contribution in [0.5, 0.6) is 11.5 Å². The first-order valence-corrected chi connectivity index (χ1v) is 7.96. The third-order valence-electron chi connectivity index (χ3n) is 3.54. The Morgan fingerprint density at radius 2 is 1.23 bits per heavy atom. The van der Waals surface area contributed by atoms with Crippen molar-refractivity contribution < 1.29 is 9.84 Å².